The van der Waals surface area contributed by atoms with Crippen molar-refractivity contribution >= 4 is 16.2 Å². The second-order valence-corrected chi connectivity index (χ2v) is 7.43. The van der Waals surface area contributed by atoms with Gasteiger partial charge in [0.1, 0.15) is 6.04 Å². The van der Waals surface area contributed by atoms with Crippen LogP contribution in [-0.4, -0.2) is 79.8 Å². The van der Waals surface area contributed by atoms with Crippen molar-refractivity contribution in [2.24, 2.45) is 0 Å². The van der Waals surface area contributed by atoms with Crippen molar-refractivity contribution in [2.45, 2.75) is 31.7 Å². The average Bonchev–Trinajstić information content (AvgIpc) is 2.38. The van der Waals surface area contributed by atoms with Crippen molar-refractivity contribution in [2.75, 3.05) is 40.8 Å². The maximum absolute atomic E-state index is 12.5. The van der Waals surface area contributed by atoms with Crippen LogP contribution in [0.3, 0.4) is 0 Å². The Morgan fingerprint density at radius 1 is 1.25 bits per heavy atom. The molecule has 1 fully saturated rings. The molecule has 1 saturated heterocycles. The van der Waals surface area contributed by atoms with Crippen LogP contribution in [0.5, 0.6) is 0 Å². The molecule has 0 aromatic carbocycles. The lowest BCUT2D eigenvalue weighted by atomic mass is 10.1. The molecular formula is C12H25N3O4S. The number of carboxylic acid groups (broad SMARTS) is 1. The molecule has 0 aromatic heterocycles. The number of hydrogen-bond acceptors (Lipinski definition) is 4. The van der Waals surface area contributed by atoms with Gasteiger partial charge in [-0.1, -0.05) is 0 Å². The third kappa shape index (κ3) is 4.41. The summed E-state index contributed by atoms with van der Waals surface area (Å²) in [6.07, 6.45) is 2.58. The molecule has 118 valence electrons. The predicted octanol–water partition coefficient (Wildman–Crippen LogP) is 0.0538. The van der Waals surface area contributed by atoms with Gasteiger partial charge in [0.15, 0.2) is 0 Å². The lowest BCUT2D eigenvalue weighted by Crippen LogP contribution is -2.52. The highest BCUT2D eigenvalue weighted by atomic mass is 32.2. The quantitative estimate of drug-likeness (QED) is 0.719. The lowest BCUT2D eigenvalue weighted by molar-refractivity contribution is -0.142. The van der Waals surface area contributed by atoms with Crippen LogP contribution in [-0.2, 0) is 15.0 Å². The van der Waals surface area contributed by atoms with Crippen LogP contribution in [0.25, 0.3) is 0 Å². The molecule has 0 radical (unpaired) electrons. The van der Waals surface area contributed by atoms with Crippen LogP contribution in [0.1, 0.15) is 25.7 Å². The van der Waals surface area contributed by atoms with Gasteiger partial charge in [0, 0.05) is 20.1 Å². The van der Waals surface area contributed by atoms with E-state index in [2.05, 4.69) is 0 Å². The lowest BCUT2D eigenvalue weighted by Gasteiger charge is -2.34. The van der Waals surface area contributed by atoms with E-state index in [1.807, 2.05) is 19.0 Å². The summed E-state index contributed by atoms with van der Waals surface area (Å²) in [6.45, 7) is 1.48. The molecule has 20 heavy (non-hydrogen) atoms. The first kappa shape index (κ1) is 17.4. The number of carbonyl (C=O) groups is 1. The Labute approximate surface area is 121 Å². The van der Waals surface area contributed by atoms with Gasteiger partial charge in [-0.3, -0.25) is 4.79 Å². The highest BCUT2D eigenvalue weighted by Gasteiger charge is 2.38. The average molecular weight is 307 g/mol. The van der Waals surface area contributed by atoms with E-state index in [0.29, 0.717) is 25.8 Å². The summed E-state index contributed by atoms with van der Waals surface area (Å²) in [7, 11) is 1.69. The van der Waals surface area contributed by atoms with E-state index in [1.165, 1.54) is 11.4 Å². The summed E-state index contributed by atoms with van der Waals surface area (Å²) in [5.41, 5.74) is 0. The topological polar surface area (TPSA) is 81.2 Å². The van der Waals surface area contributed by atoms with Crippen molar-refractivity contribution in [3.8, 4) is 0 Å². The summed E-state index contributed by atoms with van der Waals surface area (Å²) >= 11 is 0. The molecule has 1 aliphatic heterocycles. The van der Waals surface area contributed by atoms with Gasteiger partial charge in [-0.2, -0.15) is 17.0 Å². The molecule has 1 rings (SSSR count). The normalized spacial score (nSPS) is 21.6. The van der Waals surface area contributed by atoms with Gasteiger partial charge in [-0.25, -0.2) is 0 Å². The van der Waals surface area contributed by atoms with E-state index in [0.717, 1.165) is 17.3 Å². The minimum Gasteiger partial charge on any atom is -0.480 e. The fourth-order valence-electron chi connectivity index (χ4n) is 2.33. The molecule has 1 atom stereocenters. The Morgan fingerprint density at radius 3 is 2.45 bits per heavy atom. The summed E-state index contributed by atoms with van der Waals surface area (Å²) in [5.74, 6) is -1.06. The summed E-state index contributed by atoms with van der Waals surface area (Å²) in [6, 6.07) is -0.926. The van der Waals surface area contributed by atoms with Crippen molar-refractivity contribution in [3.05, 3.63) is 0 Å². The number of hydrogen-bond donors (Lipinski definition) is 1. The Hall–Kier alpha value is -0.700. The molecular weight excluding hydrogens is 282 g/mol. The summed E-state index contributed by atoms with van der Waals surface area (Å²) in [4.78, 5) is 13.2. The van der Waals surface area contributed by atoms with Gasteiger partial charge in [-0.05, 0) is 46.3 Å². The molecule has 8 heteroatoms. The van der Waals surface area contributed by atoms with Gasteiger partial charge < -0.3 is 10.0 Å². The minimum atomic E-state index is -3.69. The molecule has 0 bridgehead atoms. The maximum atomic E-state index is 12.5. The molecule has 0 spiro atoms. The van der Waals surface area contributed by atoms with Crippen LogP contribution >= 0.6 is 0 Å². The fraction of sp³-hybridized carbons (Fsp3) is 0.917. The van der Waals surface area contributed by atoms with Crippen LogP contribution in [0.4, 0.5) is 0 Å². The monoisotopic (exact) mass is 307 g/mol. The van der Waals surface area contributed by atoms with E-state index in [9.17, 15) is 18.3 Å². The van der Waals surface area contributed by atoms with Crippen molar-refractivity contribution in [1.29, 1.82) is 0 Å². The van der Waals surface area contributed by atoms with Gasteiger partial charge in [0.05, 0.1) is 0 Å². The van der Waals surface area contributed by atoms with Gasteiger partial charge >= 0.3 is 5.97 Å². The largest absolute Gasteiger partial charge is 0.480 e. The Bertz CT molecular complexity index is 424. The van der Waals surface area contributed by atoms with Crippen molar-refractivity contribution in [3.63, 3.8) is 0 Å². The van der Waals surface area contributed by atoms with E-state index < -0.39 is 22.2 Å². The zero-order chi connectivity index (χ0) is 15.3. The molecule has 7 nitrogen and oxygen atoms in total. The number of piperidine rings is 1. The van der Waals surface area contributed by atoms with Gasteiger partial charge in [0.2, 0.25) is 0 Å². The first-order chi connectivity index (χ1) is 9.26. The van der Waals surface area contributed by atoms with E-state index in [4.69, 9.17) is 0 Å². The predicted molar refractivity (Wildman–Crippen MR) is 76.7 cm³/mol. The van der Waals surface area contributed by atoms with Crippen molar-refractivity contribution < 1.29 is 18.3 Å². The number of rotatable bonds is 7. The van der Waals surface area contributed by atoms with E-state index in [1.54, 1.807) is 0 Å². The zero-order valence-corrected chi connectivity index (χ0v) is 13.3. The summed E-state index contributed by atoms with van der Waals surface area (Å²) < 4.78 is 27.3. The molecule has 1 N–H and O–H groups in total. The zero-order valence-electron chi connectivity index (χ0n) is 12.4. The van der Waals surface area contributed by atoms with E-state index in [-0.39, 0.29) is 6.54 Å². The highest BCUT2D eigenvalue weighted by molar-refractivity contribution is 7.86. The molecule has 0 saturated carbocycles. The number of carboxylic acids is 1. The first-order valence-electron chi connectivity index (χ1n) is 6.87. The van der Waals surface area contributed by atoms with Crippen LogP contribution in [0.15, 0.2) is 0 Å². The minimum absolute atomic E-state index is 0.289. The number of aliphatic carboxylic acids is 1. The second-order valence-electron chi connectivity index (χ2n) is 5.45. The van der Waals surface area contributed by atoms with Crippen LogP contribution < -0.4 is 0 Å². The molecule has 0 amide bonds. The van der Waals surface area contributed by atoms with Crippen LogP contribution in [0, 0.1) is 0 Å². The van der Waals surface area contributed by atoms with E-state index >= 15 is 0 Å². The first-order valence-corrected chi connectivity index (χ1v) is 8.27. The molecule has 1 heterocycles. The third-order valence-corrected chi connectivity index (χ3v) is 5.51. The molecule has 1 aliphatic rings. The Balaban J connectivity index is 2.72. The van der Waals surface area contributed by atoms with Crippen LogP contribution in [0.2, 0.25) is 0 Å². The smallest absolute Gasteiger partial charge is 0.322 e. The Morgan fingerprint density at radius 2 is 1.90 bits per heavy atom. The molecule has 0 aliphatic carbocycles. The standard InChI is InChI=1S/C12H25N3O4S/c1-13(2)8-6-9-14(3)20(18,19)15-10-5-4-7-11(15)12(16)17/h11H,4-10H2,1-3H3,(H,16,17). The fourth-order valence-corrected chi connectivity index (χ4v) is 3.93. The number of nitrogens with zero attached hydrogens (tertiary/aromatic N) is 3. The summed E-state index contributed by atoms with van der Waals surface area (Å²) in [5, 5.41) is 9.17. The van der Waals surface area contributed by atoms with Crippen molar-refractivity contribution in [1.82, 2.24) is 13.5 Å². The van der Waals surface area contributed by atoms with Gasteiger partial charge in [0.25, 0.3) is 10.2 Å². The second kappa shape index (κ2) is 7.35. The molecule has 1 unspecified atom stereocenters. The molecule has 0 aromatic rings. The maximum Gasteiger partial charge on any atom is 0.322 e. The SMILES string of the molecule is CN(C)CCCN(C)S(=O)(=O)N1CCCCC1C(=O)O. The third-order valence-electron chi connectivity index (χ3n) is 3.51. The Kier molecular flexibility index (Phi) is 6.38. The van der Waals surface area contributed by atoms with Gasteiger partial charge in [-0.15, -0.1) is 0 Å². The highest BCUT2D eigenvalue weighted by Crippen LogP contribution is 2.22.